The number of carbonyl (C=O) groups is 3. The molecule has 0 unspecified atom stereocenters. The molecular weight excluding hydrogens is 449 g/mol. The number of esters is 1. The van der Waals surface area contributed by atoms with Crippen molar-refractivity contribution in [2.75, 3.05) is 23.4 Å². The van der Waals surface area contributed by atoms with E-state index < -0.39 is 41.8 Å². The van der Waals surface area contributed by atoms with Crippen molar-refractivity contribution in [1.29, 1.82) is 0 Å². The fraction of sp³-hybridized carbons (Fsp3) is 0.318. The summed E-state index contributed by atoms with van der Waals surface area (Å²) in [5.41, 5.74) is 0.149. The Balaban J connectivity index is 1.57. The van der Waals surface area contributed by atoms with Crippen LogP contribution in [-0.4, -0.2) is 30.9 Å². The fourth-order valence-corrected chi connectivity index (χ4v) is 3.50. The molecule has 1 saturated heterocycles. The van der Waals surface area contributed by atoms with E-state index in [-0.39, 0.29) is 23.9 Å². The van der Waals surface area contributed by atoms with Crippen molar-refractivity contribution in [2.24, 2.45) is 5.92 Å². The SMILES string of the molecule is CCc1ccc(N2C[C@@H](C(=O)OCC(=O)Nc3ccc(Cl)cc3C(F)(F)F)CC2=O)cc1. The molecule has 0 radical (unpaired) electrons. The maximum atomic E-state index is 13.1. The first kappa shape index (κ1) is 23.6. The normalized spacial score (nSPS) is 16.2. The van der Waals surface area contributed by atoms with Gasteiger partial charge in [0.25, 0.3) is 5.91 Å². The van der Waals surface area contributed by atoms with Crippen molar-refractivity contribution in [2.45, 2.75) is 25.9 Å². The van der Waals surface area contributed by atoms with Crippen molar-refractivity contribution in [3.8, 4) is 0 Å². The molecule has 0 aliphatic carbocycles. The van der Waals surface area contributed by atoms with E-state index >= 15 is 0 Å². The molecule has 0 bridgehead atoms. The van der Waals surface area contributed by atoms with Crippen LogP contribution < -0.4 is 10.2 Å². The Morgan fingerprint density at radius 3 is 2.50 bits per heavy atom. The number of hydrogen-bond acceptors (Lipinski definition) is 4. The van der Waals surface area contributed by atoms with Crippen LogP contribution in [0.1, 0.15) is 24.5 Å². The highest BCUT2D eigenvalue weighted by molar-refractivity contribution is 6.30. The molecule has 32 heavy (non-hydrogen) atoms. The molecule has 0 spiro atoms. The first-order valence-corrected chi connectivity index (χ1v) is 10.2. The van der Waals surface area contributed by atoms with Crippen LogP contribution in [0.15, 0.2) is 42.5 Å². The Labute approximate surface area is 187 Å². The van der Waals surface area contributed by atoms with Gasteiger partial charge in [-0.05, 0) is 42.3 Å². The van der Waals surface area contributed by atoms with Crippen LogP contribution in [0.3, 0.4) is 0 Å². The molecule has 2 amide bonds. The van der Waals surface area contributed by atoms with Gasteiger partial charge >= 0.3 is 12.1 Å². The second kappa shape index (κ2) is 9.60. The van der Waals surface area contributed by atoms with Crippen LogP contribution in [0.5, 0.6) is 0 Å². The summed E-state index contributed by atoms with van der Waals surface area (Å²) < 4.78 is 44.3. The molecule has 1 heterocycles. The molecular formula is C22H20ClF3N2O4. The molecule has 1 atom stereocenters. The van der Waals surface area contributed by atoms with Crippen molar-refractivity contribution in [1.82, 2.24) is 0 Å². The van der Waals surface area contributed by atoms with E-state index in [2.05, 4.69) is 5.32 Å². The third-order valence-corrected chi connectivity index (χ3v) is 5.26. The lowest BCUT2D eigenvalue weighted by Crippen LogP contribution is -2.28. The van der Waals surface area contributed by atoms with E-state index in [1.165, 1.54) is 11.0 Å². The predicted octanol–water partition coefficient (Wildman–Crippen LogP) is 4.46. The number of halogens is 4. The van der Waals surface area contributed by atoms with Gasteiger partial charge in [0.1, 0.15) is 0 Å². The molecule has 3 rings (SSSR count). The van der Waals surface area contributed by atoms with E-state index in [1.807, 2.05) is 19.1 Å². The highest BCUT2D eigenvalue weighted by Crippen LogP contribution is 2.36. The molecule has 2 aromatic rings. The average molecular weight is 469 g/mol. The maximum Gasteiger partial charge on any atom is 0.418 e. The number of benzene rings is 2. The molecule has 170 valence electrons. The van der Waals surface area contributed by atoms with Crippen molar-refractivity contribution in [3.63, 3.8) is 0 Å². The number of nitrogens with one attached hydrogen (secondary N) is 1. The molecule has 1 N–H and O–H groups in total. The van der Waals surface area contributed by atoms with Gasteiger partial charge in [-0.2, -0.15) is 13.2 Å². The zero-order chi connectivity index (χ0) is 23.5. The van der Waals surface area contributed by atoms with Gasteiger partial charge in [0.15, 0.2) is 6.61 Å². The van der Waals surface area contributed by atoms with Gasteiger partial charge in [0.2, 0.25) is 5.91 Å². The second-order valence-electron chi connectivity index (χ2n) is 7.27. The Kier molecular flexibility index (Phi) is 7.08. The van der Waals surface area contributed by atoms with Gasteiger partial charge in [-0.25, -0.2) is 0 Å². The lowest BCUT2D eigenvalue weighted by atomic mass is 10.1. The molecule has 0 saturated carbocycles. The summed E-state index contributed by atoms with van der Waals surface area (Å²) in [6.07, 6.45) is -3.95. The maximum absolute atomic E-state index is 13.1. The summed E-state index contributed by atoms with van der Waals surface area (Å²) >= 11 is 5.60. The summed E-state index contributed by atoms with van der Waals surface area (Å²) in [7, 11) is 0. The highest BCUT2D eigenvalue weighted by atomic mass is 35.5. The summed E-state index contributed by atoms with van der Waals surface area (Å²) in [5, 5.41) is 1.93. The topological polar surface area (TPSA) is 75.7 Å². The number of aryl methyl sites for hydroxylation is 1. The number of carbonyl (C=O) groups excluding carboxylic acids is 3. The monoisotopic (exact) mass is 468 g/mol. The van der Waals surface area contributed by atoms with E-state index in [0.717, 1.165) is 18.1 Å². The van der Waals surface area contributed by atoms with Crippen LogP contribution in [0.2, 0.25) is 5.02 Å². The Morgan fingerprint density at radius 1 is 1.19 bits per heavy atom. The lowest BCUT2D eigenvalue weighted by Gasteiger charge is -2.17. The van der Waals surface area contributed by atoms with Crippen molar-refractivity contribution < 1.29 is 32.3 Å². The smallest absolute Gasteiger partial charge is 0.418 e. The standard InChI is InChI=1S/C22H20ClF3N2O4/c1-2-13-3-6-16(7-4-13)28-11-14(9-20(28)30)21(31)32-12-19(29)27-18-8-5-15(23)10-17(18)22(24,25)26/h3-8,10,14H,2,9,11-12H2,1H3,(H,27,29)/t14-/m0/s1. The minimum atomic E-state index is -4.73. The first-order valence-electron chi connectivity index (χ1n) is 9.81. The Hall–Kier alpha value is -3.07. The van der Waals surface area contributed by atoms with Crippen LogP contribution in [0, 0.1) is 5.92 Å². The number of anilines is 2. The molecule has 10 heteroatoms. The Morgan fingerprint density at radius 2 is 1.88 bits per heavy atom. The number of alkyl halides is 3. The van der Waals surface area contributed by atoms with E-state index in [1.54, 1.807) is 12.1 Å². The first-order chi connectivity index (χ1) is 15.1. The molecule has 6 nitrogen and oxygen atoms in total. The van der Waals surface area contributed by atoms with Gasteiger partial charge in [-0.1, -0.05) is 30.7 Å². The lowest BCUT2D eigenvalue weighted by molar-refractivity contribution is -0.151. The van der Waals surface area contributed by atoms with Crippen LogP contribution in [0.4, 0.5) is 24.5 Å². The summed E-state index contributed by atoms with van der Waals surface area (Å²) in [6.45, 7) is 1.32. The van der Waals surface area contributed by atoms with Gasteiger partial charge in [-0.15, -0.1) is 0 Å². The molecule has 1 fully saturated rings. The number of rotatable bonds is 6. The molecule has 1 aliphatic rings. The minimum Gasteiger partial charge on any atom is -0.455 e. The number of amides is 2. The van der Waals surface area contributed by atoms with E-state index in [4.69, 9.17) is 16.3 Å². The zero-order valence-electron chi connectivity index (χ0n) is 17.0. The van der Waals surface area contributed by atoms with E-state index in [9.17, 15) is 27.6 Å². The van der Waals surface area contributed by atoms with Crippen LogP contribution in [-0.2, 0) is 31.7 Å². The van der Waals surface area contributed by atoms with Gasteiger partial charge < -0.3 is 15.0 Å². The highest BCUT2D eigenvalue weighted by Gasteiger charge is 2.37. The molecule has 2 aromatic carbocycles. The third kappa shape index (κ3) is 5.59. The summed E-state index contributed by atoms with van der Waals surface area (Å²) in [4.78, 5) is 38.1. The average Bonchev–Trinajstić information content (AvgIpc) is 3.14. The third-order valence-electron chi connectivity index (χ3n) is 5.02. The van der Waals surface area contributed by atoms with Gasteiger partial charge in [0, 0.05) is 23.7 Å². The van der Waals surface area contributed by atoms with Crippen LogP contribution >= 0.6 is 11.6 Å². The second-order valence-corrected chi connectivity index (χ2v) is 7.71. The van der Waals surface area contributed by atoms with Gasteiger partial charge in [0.05, 0.1) is 17.2 Å². The Bertz CT molecular complexity index is 1020. The molecule has 0 aromatic heterocycles. The number of ether oxygens (including phenoxy) is 1. The van der Waals surface area contributed by atoms with Crippen LogP contribution in [0.25, 0.3) is 0 Å². The largest absolute Gasteiger partial charge is 0.455 e. The fourth-order valence-electron chi connectivity index (χ4n) is 3.33. The number of nitrogens with zero attached hydrogens (tertiary/aromatic N) is 1. The zero-order valence-corrected chi connectivity index (χ0v) is 17.8. The van der Waals surface area contributed by atoms with Crippen molar-refractivity contribution in [3.05, 3.63) is 58.6 Å². The summed E-state index contributed by atoms with van der Waals surface area (Å²) in [5.74, 6) is -2.74. The van der Waals surface area contributed by atoms with E-state index in [0.29, 0.717) is 11.8 Å². The quantitative estimate of drug-likeness (QED) is 0.635. The van der Waals surface area contributed by atoms with Crippen molar-refractivity contribution >= 4 is 40.8 Å². The van der Waals surface area contributed by atoms with Gasteiger partial charge in [-0.3, -0.25) is 14.4 Å². The minimum absolute atomic E-state index is 0.0780. The predicted molar refractivity (Wildman–Crippen MR) is 112 cm³/mol. The number of hydrogen-bond donors (Lipinski definition) is 1. The summed E-state index contributed by atoms with van der Waals surface area (Å²) in [6, 6.07) is 10.3. The molecule has 1 aliphatic heterocycles.